The summed E-state index contributed by atoms with van der Waals surface area (Å²) in [6.45, 7) is 3.94. The van der Waals surface area contributed by atoms with Crippen LogP contribution in [0, 0.1) is 0 Å². The van der Waals surface area contributed by atoms with E-state index in [1.54, 1.807) is 7.11 Å². The molecule has 0 fully saturated rings. The van der Waals surface area contributed by atoms with Crippen LogP contribution >= 0.6 is 0 Å². The third-order valence-electron chi connectivity index (χ3n) is 2.97. The number of benzene rings is 1. The molecule has 1 aromatic carbocycles. The third kappa shape index (κ3) is 7.75. The van der Waals surface area contributed by atoms with Crippen LogP contribution in [0.3, 0.4) is 0 Å². The first-order valence-corrected chi connectivity index (χ1v) is 7.50. The van der Waals surface area contributed by atoms with Crippen molar-refractivity contribution in [2.24, 2.45) is 0 Å². The molecule has 0 spiro atoms. The lowest BCUT2D eigenvalue weighted by molar-refractivity contribution is -0.120. The fourth-order valence-electron chi connectivity index (χ4n) is 1.80. The summed E-state index contributed by atoms with van der Waals surface area (Å²) in [6.07, 6.45) is 1.35. The number of hydrogen-bond donors (Lipinski definition) is 3. The zero-order valence-corrected chi connectivity index (χ0v) is 13.3. The number of methoxy groups -OCH3 is 1. The first kappa shape index (κ1) is 18.1. The molecule has 3 N–H and O–H groups in total. The summed E-state index contributed by atoms with van der Waals surface area (Å²) in [7, 11) is 1.62. The van der Waals surface area contributed by atoms with Crippen LogP contribution in [0.5, 0.6) is 0 Å². The van der Waals surface area contributed by atoms with Gasteiger partial charge in [-0.3, -0.25) is 9.59 Å². The van der Waals surface area contributed by atoms with E-state index in [0.717, 1.165) is 17.7 Å². The molecule has 0 aromatic heterocycles. The largest absolute Gasteiger partial charge is 0.383 e. The van der Waals surface area contributed by atoms with Gasteiger partial charge in [-0.1, -0.05) is 19.1 Å². The van der Waals surface area contributed by atoms with Crippen molar-refractivity contribution in [2.75, 3.05) is 32.1 Å². The van der Waals surface area contributed by atoms with Gasteiger partial charge in [0.1, 0.15) is 0 Å². The second-order valence-electron chi connectivity index (χ2n) is 4.94. The van der Waals surface area contributed by atoms with Crippen molar-refractivity contribution in [3.63, 3.8) is 0 Å². The van der Waals surface area contributed by atoms with Crippen LogP contribution in [0.15, 0.2) is 24.3 Å². The van der Waals surface area contributed by atoms with Crippen molar-refractivity contribution in [1.29, 1.82) is 0 Å². The summed E-state index contributed by atoms with van der Waals surface area (Å²) in [4.78, 5) is 23.1. The van der Waals surface area contributed by atoms with E-state index in [0.29, 0.717) is 26.1 Å². The summed E-state index contributed by atoms with van der Waals surface area (Å²) in [6, 6.07) is 7.46. The van der Waals surface area contributed by atoms with Gasteiger partial charge in [-0.2, -0.15) is 0 Å². The summed E-state index contributed by atoms with van der Waals surface area (Å²) in [5.41, 5.74) is 1.76. The molecule has 6 heteroatoms. The maximum absolute atomic E-state index is 11.6. The van der Waals surface area contributed by atoms with Gasteiger partial charge in [-0.15, -0.1) is 0 Å². The van der Waals surface area contributed by atoms with Crippen molar-refractivity contribution in [2.45, 2.75) is 26.3 Å². The Morgan fingerprint density at radius 1 is 1.14 bits per heavy atom. The first-order chi connectivity index (χ1) is 10.7. The molecular weight excluding hydrogens is 282 g/mol. The van der Waals surface area contributed by atoms with Crippen molar-refractivity contribution in [3.05, 3.63) is 29.8 Å². The molecule has 0 bridgehead atoms. The summed E-state index contributed by atoms with van der Waals surface area (Å²) in [5, 5.41) is 8.63. The molecule has 0 saturated carbocycles. The van der Waals surface area contributed by atoms with Crippen LogP contribution in [0.4, 0.5) is 5.69 Å². The van der Waals surface area contributed by atoms with E-state index in [1.807, 2.05) is 31.2 Å². The number of rotatable bonds is 10. The Bertz CT molecular complexity index is 460. The molecule has 122 valence electrons. The highest BCUT2D eigenvalue weighted by molar-refractivity contribution is 5.90. The Morgan fingerprint density at radius 3 is 2.50 bits per heavy atom. The van der Waals surface area contributed by atoms with E-state index >= 15 is 0 Å². The maximum atomic E-state index is 11.6. The van der Waals surface area contributed by atoms with Crippen LogP contribution in [0.1, 0.15) is 25.3 Å². The monoisotopic (exact) mass is 307 g/mol. The van der Waals surface area contributed by atoms with Gasteiger partial charge in [-0.05, 0) is 24.1 Å². The van der Waals surface area contributed by atoms with Crippen LogP contribution < -0.4 is 16.0 Å². The number of hydrogen-bond acceptors (Lipinski definition) is 4. The lowest BCUT2D eigenvalue weighted by atomic mass is 10.2. The number of nitrogens with one attached hydrogen (secondary N) is 3. The predicted octanol–water partition coefficient (Wildman–Crippen LogP) is 1.28. The second kappa shape index (κ2) is 10.8. The standard InChI is InChI=1S/C16H25N3O3/c1-3-4-15(20)19-14-7-5-13(6-8-14)11-18-16(21)12-17-9-10-22-2/h5-8,17H,3-4,9-12H2,1-2H3,(H,18,21)(H,19,20). The summed E-state index contributed by atoms with van der Waals surface area (Å²) < 4.78 is 4.88. The number of carbonyl (C=O) groups is 2. The second-order valence-corrected chi connectivity index (χ2v) is 4.94. The van der Waals surface area contributed by atoms with Gasteiger partial charge in [0, 0.05) is 32.3 Å². The molecule has 0 aliphatic carbocycles. The van der Waals surface area contributed by atoms with Crippen molar-refractivity contribution < 1.29 is 14.3 Å². The topological polar surface area (TPSA) is 79.5 Å². The Hall–Kier alpha value is -1.92. The van der Waals surface area contributed by atoms with Gasteiger partial charge in [-0.25, -0.2) is 0 Å². The third-order valence-corrected chi connectivity index (χ3v) is 2.97. The summed E-state index contributed by atoms with van der Waals surface area (Å²) in [5.74, 6) is -0.0397. The molecule has 2 amide bonds. The minimum Gasteiger partial charge on any atom is -0.383 e. The Balaban J connectivity index is 2.29. The fraction of sp³-hybridized carbons (Fsp3) is 0.500. The molecule has 0 aliphatic heterocycles. The molecule has 22 heavy (non-hydrogen) atoms. The highest BCUT2D eigenvalue weighted by Gasteiger charge is 2.02. The van der Waals surface area contributed by atoms with E-state index in [-0.39, 0.29) is 18.4 Å². The molecule has 0 radical (unpaired) electrons. The smallest absolute Gasteiger partial charge is 0.234 e. The van der Waals surface area contributed by atoms with E-state index in [2.05, 4.69) is 16.0 Å². The fourth-order valence-corrected chi connectivity index (χ4v) is 1.80. The van der Waals surface area contributed by atoms with Gasteiger partial charge in [0.25, 0.3) is 0 Å². The van der Waals surface area contributed by atoms with Gasteiger partial charge in [0.15, 0.2) is 0 Å². The molecule has 0 atom stereocenters. The minimum absolute atomic E-state index is 0.0192. The first-order valence-electron chi connectivity index (χ1n) is 7.50. The van der Waals surface area contributed by atoms with Gasteiger partial charge < -0.3 is 20.7 Å². The van der Waals surface area contributed by atoms with Crippen LogP contribution in [0.2, 0.25) is 0 Å². The van der Waals surface area contributed by atoms with Crippen LogP contribution in [-0.2, 0) is 20.9 Å². The SMILES string of the molecule is CCCC(=O)Nc1ccc(CNC(=O)CNCCOC)cc1. The predicted molar refractivity (Wildman–Crippen MR) is 86.6 cm³/mol. The number of carbonyl (C=O) groups excluding carboxylic acids is 2. The van der Waals surface area contributed by atoms with Gasteiger partial charge >= 0.3 is 0 Å². The summed E-state index contributed by atoms with van der Waals surface area (Å²) >= 11 is 0. The highest BCUT2D eigenvalue weighted by Crippen LogP contribution is 2.10. The highest BCUT2D eigenvalue weighted by atomic mass is 16.5. The lowest BCUT2D eigenvalue weighted by Crippen LogP contribution is -2.34. The van der Waals surface area contributed by atoms with E-state index in [4.69, 9.17) is 4.74 Å². The van der Waals surface area contributed by atoms with E-state index in [9.17, 15) is 9.59 Å². The van der Waals surface area contributed by atoms with Crippen LogP contribution in [0.25, 0.3) is 0 Å². The van der Waals surface area contributed by atoms with E-state index < -0.39 is 0 Å². The molecule has 1 rings (SSSR count). The molecular formula is C16H25N3O3. The lowest BCUT2D eigenvalue weighted by Gasteiger charge is -2.08. The quantitative estimate of drug-likeness (QED) is 0.569. The molecule has 0 saturated heterocycles. The van der Waals surface area contributed by atoms with Crippen LogP contribution in [-0.4, -0.2) is 38.6 Å². The van der Waals surface area contributed by atoms with Gasteiger partial charge in [0.2, 0.25) is 11.8 Å². The minimum atomic E-state index is -0.0589. The molecule has 6 nitrogen and oxygen atoms in total. The Kier molecular flexibility index (Phi) is 8.86. The number of amides is 2. The van der Waals surface area contributed by atoms with Crippen molar-refractivity contribution >= 4 is 17.5 Å². The normalized spacial score (nSPS) is 10.3. The molecule has 1 aromatic rings. The maximum Gasteiger partial charge on any atom is 0.234 e. The zero-order chi connectivity index (χ0) is 16.2. The van der Waals surface area contributed by atoms with E-state index in [1.165, 1.54) is 0 Å². The average molecular weight is 307 g/mol. The molecule has 0 unspecified atom stereocenters. The Labute approximate surface area is 131 Å². The van der Waals surface area contributed by atoms with Crippen molar-refractivity contribution in [3.8, 4) is 0 Å². The Morgan fingerprint density at radius 2 is 1.86 bits per heavy atom. The average Bonchev–Trinajstić information content (AvgIpc) is 2.51. The zero-order valence-electron chi connectivity index (χ0n) is 13.3. The molecule has 0 aliphatic rings. The van der Waals surface area contributed by atoms with Crippen molar-refractivity contribution in [1.82, 2.24) is 10.6 Å². The van der Waals surface area contributed by atoms with Gasteiger partial charge in [0.05, 0.1) is 13.2 Å². The number of anilines is 1. The number of ether oxygens (including phenoxy) is 1. The molecule has 0 heterocycles.